The molecule has 0 aliphatic carbocycles. The fourth-order valence-electron chi connectivity index (χ4n) is 2.70. The lowest BCUT2D eigenvalue weighted by atomic mass is 10.1. The van der Waals surface area contributed by atoms with E-state index in [9.17, 15) is 23.1 Å². The zero-order valence-electron chi connectivity index (χ0n) is 13.8. The van der Waals surface area contributed by atoms with E-state index in [0.29, 0.717) is 31.6 Å². The van der Waals surface area contributed by atoms with Gasteiger partial charge in [-0.1, -0.05) is 6.07 Å². The number of ether oxygens (including phenoxy) is 1. The highest BCUT2D eigenvalue weighted by atomic mass is 19.4. The van der Waals surface area contributed by atoms with Gasteiger partial charge in [0.15, 0.2) is 5.69 Å². The van der Waals surface area contributed by atoms with Crippen molar-refractivity contribution in [2.45, 2.75) is 31.7 Å². The standard InChI is InChI=1S/C17H18F3N3O3/c18-17(19,20)11-2-1-3-14(8-11)26-10-12-9-15(22-21-12)16(25)23-6-4-13(24)5-7-23/h1-3,8-9,13,24H,4-7,10H2,(H,21,22). The zero-order valence-corrected chi connectivity index (χ0v) is 13.8. The fraction of sp³-hybridized carbons (Fsp3) is 0.412. The van der Waals surface area contributed by atoms with Crippen LogP contribution in [0.4, 0.5) is 13.2 Å². The van der Waals surface area contributed by atoms with Gasteiger partial charge < -0.3 is 14.7 Å². The summed E-state index contributed by atoms with van der Waals surface area (Å²) < 4.78 is 43.4. The molecule has 140 valence electrons. The first-order valence-corrected chi connectivity index (χ1v) is 8.14. The number of aliphatic hydroxyl groups excluding tert-OH is 1. The molecule has 2 N–H and O–H groups in total. The van der Waals surface area contributed by atoms with E-state index in [1.165, 1.54) is 18.2 Å². The molecule has 0 spiro atoms. The summed E-state index contributed by atoms with van der Waals surface area (Å²) in [5.41, 5.74) is -0.102. The largest absolute Gasteiger partial charge is 0.487 e. The molecule has 26 heavy (non-hydrogen) atoms. The highest BCUT2D eigenvalue weighted by molar-refractivity contribution is 5.92. The van der Waals surface area contributed by atoms with Crippen LogP contribution in [0.1, 0.15) is 34.6 Å². The molecule has 9 heteroatoms. The van der Waals surface area contributed by atoms with Gasteiger partial charge in [-0.05, 0) is 37.1 Å². The maximum atomic E-state index is 12.7. The number of carbonyl (C=O) groups is 1. The maximum Gasteiger partial charge on any atom is 0.416 e. The van der Waals surface area contributed by atoms with Crippen LogP contribution in [0, 0.1) is 0 Å². The van der Waals surface area contributed by atoms with Gasteiger partial charge in [-0.2, -0.15) is 18.3 Å². The lowest BCUT2D eigenvalue weighted by molar-refractivity contribution is -0.137. The number of halogens is 3. The third-order valence-electron chi connectivity index (χ3n) is 4.16. The van der Waals surface area contributed by atoms with Crippen LogP contribution in [-0.2, 0) is 12.8 Å². The van der Waals surface area contributed by atoms with E-state index < -0.39 is 11.7 Å². The van der Waals surface area contributed by atoms with Crippen molar-refractivity contribution in [3.05, 3.63) is 47.3 Å². The second kappa shape index (κ2) is 7.36. The van der Waals surface area contributed by atoms with Crippen molar-refractivity contribution in [3.63, 3.8) is 0 Å². The first kappa shape index (κ1) is 18.2. The number of nitrogens with one attached hydrogen (secondary N) is 1. The quantitative estimate of drug-likeness (QED) is 0.868. The number of piperidine rings is 1. The maximum absolute atomic E-state index is 12.7. The van der Waals surface area contributed by atoms with E-state index in [-0.39, 0.29) is 30.1 Å². The number of alkyl halides is 3. The smallest absolute Gasteiger partial charge is 0.416 e. The Bertz CT molecular complexity index is 768. The second-order valence-corrected chi connectivity index (χ2v) is 6.12. The lowest BCUT2D eigenvalue weighted by Gasteiger charge is -2.28. The highest BCUT2D eigenvalue weighted by Crippen LogP contribution is 2.31. The number of H-pyrrole nitrogens is 1. The number of amides is 1. The van der Waals surface area contributed by atoms with Crippen LogP contribution in [0.25, 0.3) is 0 Å². The van der Waals surface area contributed by atoms with E-state index in [0.717, 1.165) is 12.1 Å². The second-order valence-electron chi connectivity index (χ2n) is 6.12. The van der Waals surface area contributed by atoms with Crippen LogP contribution in [0.2, 0.25) is 0 Å². The molecular weight excluding hydrogens is 351 g/mol. The van der Waals surface area contributed by atoms with Crippen LogP contribution < -0.4 is 4.74 Å². The van der Waals surface area contributed by atoms with Gasteiger partial charge in [-0.25, -0.2) is 0 Å². The van der Waals surface area contributed by atoms with Crippen LogP contribution in [0.15, 0.2) is 30.3 Å². The number of carbonyl (C=O) groups excluding carboxylic acids is 1. The van der Waals surface area contributed by atoms with Crippen molar-refractivity contribution in [1.82, 2.24) is 15.1 Å². The summed E-state index contributed by atoms with van der Waals surface area (Å²) in [6.07, 6.45) is -3.76. The molecule has 1 aliphatic heterocycles. The summed E-state index contributed by atoms with van der Waals surface area (Å²) >= 11 is 0. The molecule has 0 saturated carbocycles. The zero-order chi connectivity index (χ0) is 18.7. The average Bonchev–Trinajstić information content (AvgIpc) is 3.08. The number of likely N-dealkylation sites (tertiary alicyclic amines) is 1. The Hall–Kier alpha value is -2.55. The molecule has 2 aromatic rings. The Kier molecular flexibility index (Phi) is 5.17. The van der Waals surface area contributed by atoms with Crippen molar-refractivity contribution in [3.8, 4) is 5.75 Å². The van der Waals surface area contributed by atoms with Gasteiger partial charge in [0.25, 0.3) is 5.91 Å². The predicted molar refractivity (Wildman–Crippen MR) is 85.5 cm³/mol. The number of aliphatic hydroxyl groups is 1. The number of benzene rings is 1. The van der Waals surface area contributed by atoms with Crippen molar-refractivity contribution >= 4 is 5.91 Å². The SMILES string of the molecule is O=C(c1cc(COc2cccc(C(F)(F)F)c2)[nH]n1)N1CCC(O)CC1. The number of aromatic nitrogens is 2. The molecule has 0 atom stereocenters. The molecule has 0 bridgehead atoms. The van der Waals surface area contributed by atoms with Crippen molar-refractivity contribution < 1.29 is 27.8 Å². The Morgan fingerprint density at radius 1 is 1.31 bits per heavy atom. The van der Waals surface area contributed by atoms with Crippen LogP contribution in [0.5, 0.6) is 5.75 Å². The van der Waals surface area contributed by atoms with Crippen molar-refractivity contribution in [2.75, 3.05) is 13.1 Å². The summed E-state index contributed by atoms with van der Waals surface area (Å²) in [7, 11) is 0. The third-order valence-corrected chi connectivity index (χ3v) is 4.16. The Morgan fingerprint density at radius 3 is 2.73 bits per heavy atom. The van der Waals surface area contributed by atoms with Crippen molar-refractivity contribution in [1.29, 1.82) is 0 Å². The van der Waals surface area contributed by atoms with Gasteiger partial charge >= 0.3 is 6.18 Å². The van der Waals surface area contributed by atoms with E-state index in [1.54, 1.807) is 4.90 Å². The molecule has 1 fully saturated rings. The minimum absolute atomic E-state index is 0.0414. The van der Waals surface area contributed by atoms with Crippen LogP contribution in [0.3, 0.4) is 0 Å². The minimum atomic E-state index is -4.44. The number of nitrogens with zero attached hydrogens (tertiary/aromatic N) is 2. The Labute approximate surface area is 147 Å². The van der Waals surface area contributed by atoms with E-state index in [2.05, 4.69) is 10.2 Å². The summed E-state index contributed by atoms with van der Waals surface area (Å²) in [6, 6.07) is 6.10. The van der Waals surface area contributed by atoms with Gasteiger partial charge in [0, 0.05) is 13.1 Å². The van der Waals surface area contributed by atoms with Crippen molar-refractivity contribution in [2.24, 2.45) is 0 Å². The van der Waals surface area contributed by atoms with Gasteiger partial charge in [-0.15, -0.1) is 0 Å². The Balaban J connectivity index is 1.60. The van der Waals surface area contributed by atoms with Gasteiger partial charge in [0.05, 0.1) is 17.4 Å². The molecule has 3 rings (SSSR count). The van der Waals surface area contributed by atoms with Gasteiger partial charge in [0.2, 0.25) is 0 Å². The molecule has 1 amide bonds. The van der Waals surface area contributed by atoms with Crippen LogP contribution >= 0.6 is 0 Å². The monoisotopic (exact) mass is 369 g/mol. The van der Waals surface area contributed by atoms with E-state index >= 15 is 0 Å². The normalized spacial score (nSPS) is 15.9. The molecule has 0 radical (unpaired) electrons. The summed E-state index contributed by atoms with van der Waals surface area (Å²) in [5.74, 6) is -0.175. The average molecular weight is 369 g/mol. The number of rotatable bonds is 4. The van der Waals surface area contributed by atoms with Crippen LogP contribution in [-0.4, -0.2) is 45.3 Å². The third kappa shape index (κ3) is 4.34. The topological polar surface area (TPSA) is 78.5 Å². The molecule has 2 heterocycles. The summed E-state index contributed by atoms with van der Waals surface area (Å²) in [4.78, 5) is 14.0. The Morgan fingerprint density at radius 2 is 2.04 bits per heavy atom. The first-order chi connectivity index (χ1) is 12.3. The number of hydrogen-bond donors (Lipinski definition) is 2. The predicted octanol–water partition coefficient (Wildman–Crippen LogP) is 2.60. The van der Waals surface area contributed by atoms with E-state index in [4.69, 9.17) is 4.74 Å². The number of aromatic amines is 1. The molecule has 1 saturated heterocycles. The molecule has 1 aliphatic rings. The fourth-order valence-corrected chi connectivity index (χ4v) is 2.70. The highest BCUT2D eigenvalue weighted by Gasteiger charge is 2.30. The first-order valence-electron chi connectivity index (χ1n) is 8.14. The van der Waals surface area contributed by atoms with E-state index in [1.807, 2.05) is 0 Å². The molecule has 6 nitrogen and oxygen atoms in total. The molecule has 1 aromatic heterocycles. The summed E-state index contributed by atoms with van der Waals surface area (Å²) in [5, 5.41) is 16.1. The molecular formula is C17H18F3N3O3. The molecule has 1 aromatic carbocycles. The number of hydrogen-bond acceptors (Lipinski definition) is 4. The van der Waals surface area contributed by atoms with Gasteiger partial charge in [0.1, 0.15) is 12.4 Å². The summed E-state index contributed by atoms with van der Waals surface area (Å²) in [6.45, 7) is 0.881. The van der Waals surface area contributed by atoms with Gasteiger partial charge in [-0.3, -0.25) is 9.89 Å². The lowest BCUT2D eigenvalue weighted by Crippen LogP contribution is -2.40. The minimum Gasteiger partial charge on any atom is -0.487 e. The molecule has 0 unspecified atom stereocenters.